The van der Waals surface area contributed by atoms with E-state index in [2.05, 4.69) is 5.32 Å². The first-order valence-corrected chi connectivity index (χ1v) is 10.0. The fraction of sp³-hybridized carbons (Fsp3) is 0.273. The van der Waals surface area contributed by atoms with Crippen molar-refractivity contribution in [1.82, 2.24) is 14.9 Å². The van der Waals surface area contributed by atoms with Crippen molar-refractivity contribution in [2.24, 2.45) is 5.73 Å². The number of methoxy groups -OCH3 is 1. The summed E-state index contributed by atoms with van der Waals surface area (Å²) in [6.45, 7) is 0.0889. The zero-order chi connectivity index (χ0) is 22.6. The number of pyridine rings is 2. The van der Waals surface area contributed by atoms with Gasteiger partial charge in [0.2, 0.25) is 5.91 Å². The Bertz CT molecular complexity index is 1360. The summed E-state index contributed by atoms with van der Waals surface area (Å²) in [6.07, 6.45) is -1.52. The number of aliphatic hydroxyl groups is 1. The van der Waals surface area contributed by atoms with Crippen LogP contribution in [-0.4, -0.2) is 40.2 Å². The van der Waals surface area contributed by atoms with Crippen LogP contribution in [0.1, 0.15) is 28.4 Å². The summed E-state index contributed by atoms with van der Waals surface area (Å²) in [5.41, 5.74) is 8.85. The average Bonchev–Trinajstić information content (AvgIpc) is 3.17. The smallest absolute Gasteiger partial charge is 0.340 e. The SMILES string of the molecule is COc1ccc2nc3c(c(CNC(=O)CN)c2c1)Cn1c-3cc2c(c1=O)COC(=O)C2O. The Hall–Kier alpha value is -3.76. The van der Waals surface area contributed by atoms with Gasteiger partial charge in [-0.15, -0.1) is 0 Å². The van der Waals surface area contributed by atoms with Crippen LogP contribution in [0.5, 0.6) is 5.75 Å². The molecule has 10 nitrogen and oxygen atoms in total. The lowest BCUT2D eigenvalue weighted by molar-refractivity contribution is -0.157. The molecule has 4 N–H and O–H groups in total. The van der Waals surface area contributed by atoms with Gasteiger partial charge >= 0.3 is 5.97 Å². The van der Waals surface area contributed by atoms with E-state index in [1.807, 2.05) is 6.07 Å². The monoisotopic (exact) mass is 436 g/mol. The molecule has 1 unspecified atom stereocenters. The van der Waals surface area contributed by atoms with E-state index in [-0.39, 0.29) is 48.8 Å². The number of amides is 1. The van der Waals surface area contributed by atoms with E-state index in [1.54, 1.807) is 29.9 Å². The quantitative estimate of drug-likeness (QED) is 0.382. The number of esters is 1. The molecular weight excluding hydrogens is 416 g/mol. The summed E-state index contributed by atoms with van der Waals surface area (Å²) in [5.74, 6) is -0.468. The number of cyclic esters (lactones) is 1. The summed E-state index contributed by atoms with van der Waals surface area (Å²) in [5, 5.41) is 13.8. The average molecular weight is 436 g/mol. The number of carbonyl (C=O) groups excluding carboxylic acids is 2. The van der Waals surface area contributed by atoms with Crippen LogP contribution in [0.3, 0.4) is 0 Å². The fourth-order valence-corrected chi connectivity index (χ4v) is 4.28. The predicted molar refractivity (Wildman–Crippen MR) is 113 cm³/mol. The van der Waals surface area contributed by atoms with Gasteiger partial charge in [0.15, 0.2) is 6.10 Å². The Kier molecular flexibility index (Phi) is 4.68. The van der Waals surface area contributed by atoms with E-state index in [9.17, 15) is 19.5 Å². The van der Waals surface area contributed by atoms with E-state index >= 15 is 0 Å². The minimum absolute atomic E-state index is 0.146. The normalized spacial score (nSPS) is 16.2. The zero-order valence-electron chi connectivity index (χ0n) is 17.2. The highest BCUT2D eigenvalue weighted by atomic mass is 16.5. The number of hydrogen-bond acceptors (Lipinski definition) is 8. The molecule has 2 aliphatic heterocycles. The number of aliphatic hydroxyl groups excluding tert-OH is 1. The third-order valence-corrected chi connectivity index (χ3v) is 5.93. The number of nitrogens with one attached hydrogen (secondary N) is 1. The first kappa shape index (κ1) is 20.2. The molecule has 10 heteroatoms. The number of carbonyl (C=O) groups is 2. The number of rotatable bonds is 4. The van der Waals surface area contributed by atoms with Crippen molar-refractivity contribution < 1.29 is 24.2 Å². The van der Waals surface area contributed by atoms with Crippen LogP contribution >= 0.6 is 0 Å². The van der Waals surface area contributed by atoms with Crippen molar-refractivity contribution in [3.05, 3.63) is 56.9 Å². The van der Waals surface area contributed by atoms with Crippen molar-refractivity contribution in [3.8, 4) is 17.1 Å². The Labute approximate surface area is 181 Å². The molecule has 0 radical (unpaired) electrons. The van der Waals surface area contributed by atoms with Crippen LogP contribution in [-0.2, 0) is 34.0 Å². The molecule has 4 heterocycles. The Morgan fingerprint density at radius 3 is 2.91 bits per heavy atom. The van der Waals surface area contributed by atoms with Crippen molar-refractivity contribution in [2.45, 2.75) is 25.8 Å². The molecule has 1 atom stereocenters. The number of hydrogen-bond donors (Lipinski definition) is 3. The summed E-state index contributed by atoms with van der Waals surface area (Å²) in [6, 6.07) is 7.03. The molecule has 0 saturated heterocycles. The zero-order valence-corrected chi connectivity index (χ0v) is 17.2. The third kappa shape index (κ3) is 2.95. The van der Waals surface area contributed by atoms with Gasteiger partial charge in [0.25, 0.3) is 5.56 Å². The molecule has 0 saturated carbocycles. The molecule has 1 amide bonds. The molecule has 0 bridgehead atoms. The van der Waals surface area contributed by atoms with Gasteiger partial charge in [-0.2, -0.15) is 0 Å². The molecule has 2 aromatic heterocycles. The molecule has 3 aromatic rings. The molecule has 1 aromatic carbocycles. The molecule has 164 valence electrons. The van der Waals surface area contributed by atoms with Crippen molar-refractivity contribution in [2.75, 3.05) is 13.7 Å². The topological polar surface area (TPSA) is 146 Å². The molecule has 0 aliphatic carbocycles. The van der Waals surface area contributed by atoms with Crippen molar-refractivity contribution in [1.29, 1.82) is 0 Å². The lowest BCUT2D eigenvalue weighted by Gasteiger charge is -2.21. The molecular formula is C22H20N4O6. The summed E-state index contributed by atoms with van der Waals surface area (Å²) < 4.78 is 11.8. The van der Waals surface area contributed by atoms with E-state index in [1.165, 1.54) is 0 Å². The fourth-order valence-electron chi connectivity index (χ4n) is 4.28. The minimum Gasteiger partial charge on any atom is -0.497 e. The molecule has 32 heavy (non-hydrogen) atoms. The van der Waals surface area contributed by atoms with Gasteiger partial charge in [0.05, 0.1) is 42.7 Å². The van der Waals surface area contributed by atoms with Crippen LogP contribution in [0.2, 0.25) is 0 Å². The maximum atomic E-state index is 13.2. The van der Waals surface area contributed by atoms with Crippen molar-refractivity contribution >= 4 is 22.8 Å². The number of benzene rings is 1. The summed E-state index contributed by atoms with van der Waals surface area (Å²) in [7, 11) is 1.56. The minimum atomic E-state index is -1.52. The molecule has 0 spiro atoms. The van der Waals surface area contributed by atoms with Crippen molar-refractivity contribution in [3.63, 3.8) is 0 Å². The molecule has 2 aliphatic rings. The first-order chi connectivity index (χ1) is 15.4. The van der Waals surface area contributed by atoms with Gasteiger partial charge in [-0.1, -0.05) is 0 Å². The highest BCUT2D eigenvalue weighted by molar-refractivity contribution is 5.90. The highest BCUT2D eigenvalue weighted by Gasteiger charge is 2.34. The van der Waals surface area contributed by atoms with Crippen LogP contribution in [0.25, 0.3) is 22.3 Å². The van der Waals surface area contributed by atoms with Gasteiger partial charge in [-0.05, 0) is 29.8 Å². The standard InChI is InChI=1S/C22H20N4O6/c1-31-10-2-3-16-11(4-10)13(7-24-18(27)6-23)14-8-26-17(19(14)25-16)5-12-15(21(26)29)9-32-22(30)20(12)28/h2-5,20,28H,6-9,23H2,1H3,(H,24,27). The third-order valence-electron chi connectivity index (χ3n) is 5.93. The number of aromatic nitrogens is 2. The summed E-state index contributed by atoms with van der Waals surface area (Å²) >= 11 is 0. The van der Waals surface area contributed by atoms with E-state index in [4.69, 9.17) is 20.2 Å². The van der Waals surface area contributed by atoms with Crippen LogP contribution in [0.15, 0.2) is 29.1 Å². The number of nitrogens with two attached hydrogens (primary N) is 1. The van der Waals surface area contributed by atoms with E-state index in [0.29, 0.717) is 22.7 Å². The summed E-state index contributed by atoms with van der Waals surface area (Å²) in [4.78, 5) is 41.6. The Balaban J connectivity index is 1.74. The second-order valence-electron chi connectivity index (χ2n) is 7.65. The van der Waals surface area contributed by atoms with Gasteiger partial charge in [0, 0.05) is 23.1 Å². The van der Waals surface area contributed by atoms with Crippen LogP contribution in [0.4, 0.5) is 0 Å². The van der Waals surface area contributed by atoms with E-state index < -0.39 is 12.1 Å². The van der Waals surface area contributed by atoms with Crippen LogP contribution in [0, 0.1) is 0 Å². The number of nitrogens with zero attached hydrogens (tertiary/aromatic N) is 2. The predicted octanol–water partition coefficient (Wildman–Crippen LogP) is 0.0989. The molecule has 5 rings (SSSR count). The maximum absolute atomic E-state index is 13.2. The lowest BCUT2D eigenvalue weighted by Crippen LogP contribution is -2.32. The highest BCUT2D eigenvalue weighted by Crippen LogP contribution is 2.38. The number of fused-ring (bicyclic) bond motifs is 5. The second-order valence-corrected chi connectivity index (χ2v) is 7.65. The number of ether oxygens (including phenoxy) is 2. The maximum Gasteiger partial charge on any atom is 0.340 e. The van der Waals surface area contributed by atoms with Gasteiger partial charge in [0.1, 0.15) is 12.4 Å². The Morgan fingerprint density at radius 2 is 2.16 bits per heavy atom. The van der Waals surface area contributed by atoms with Gasteiger partial charge < -0.3 is 30.2 Å². The first-order valence-electron chi connectivity index (χ1n) is 10.0. The molecule has 0 fully saturated rings. The van der Waals surface area contributed by atoms with E-state index in [0.717, 1.165) is 16.5 Å². The largest absolute Gasteiger partial charge is 0.497 e. The second kappa shape index (κ2) is 7.43. The van der Waals surface area contributed by atoms with Gasteiger partial charge in [-0.3, -0.25) is 9.59 Å². The van der Waals surface area contributed by atoms with Crippen LogP contribution < -0.4 is 21.3 Å². The van der Waals surface area contributed by atoms with Gasteiger partial charge in [-0.25, -0.2) is 9.78 Å². The lowest BCUT2D eigenvalue weighted by atomic mass is 9.98. The Morgan fingerprint density at radius 1 is 1.34 bits per heavy atom.